The van der Waals surface area contributed by atoms with Crippen molar-refractivity contribution >= 4 is 11.9 Å². The van der Waals surface area contributed by atoms with Crippen molar-refractivity contribution < 1.29 is 14.3 Å². The fourth-order valence-electron chi connectivity index (χ4n) is 3.57. The van der Waals surface area contributed by atoms with E-state index in [4.69, 9.17) is 4.74 Å². The van der Waals surface area contributed by atoms with Gasteiger partial charge in [0.2, 0.25) is 5.91 Å². The minimum absolute atomic E-state index is 0.104. The molecule has 0 spiro atoms. The Morgan fingerprint density at radius 2 is 2.15 bits per heavy atom. The summed E-state index contributed by atoms with van der Waals surface area (Å²) >= 11 is 0. The average Bonchev–Trinajstić information content (AvgIpc) is 2.96. The molecule has 1 amide bonds. The highest BCUT2D eigenvalue weighted by atomic mass is 16.5. The van der Waals surface area contributed by atoms with Gasteiger partial charge in [-0.2, -0.15) is 0 Å². The van der Waals surface area contributed by atoms with Gasteiger partial charge in [-0.25, -0.2) is 4.79 Å². The molecule has 0 aromatic carbocycles. The molecular weight excluding hydrogens is 256 g/mol. The van der Waals surface area contributed by atoms with Gasteiger partial charge in [0.05, 0.1) is 12.6 Å². The molecule has 2 fully saturated rings. The molecule has 5 nitrogen and oxygen atoms in total. The largest absolute Gasteiger partial charge is 0.467 e. The van der Waals surface area contributed by atoms with Crippen LogP contribution in [0.25, 0.3) is 0 Å². The van der Waals surface area contributed by atoms with Crippen molar-refractivity contribution in [2.45, 2.75) is 63.5 Å². The number of nitrogens with one attached hydrogen (secondary N) is 1. The number of nitrogens with zero attached hydrogens (tertiary/aromatic N) is 1. The van der Waals surface area contributed by atoms with E-state index in [-0.39, 0.29) is 11.9 Å². The van der Waals surface area contributed by atoms with Gasteiger partial charge in [-0.15, -0.1) is 0 Å². The van der Waals surface area contributed by atoms with Gasteiger partial charge in [0.1, 0.15) is 6.04 Å². The van der Waals surface area contributed by atoms with E-state index in [1.165, 1.54) is 7.11 Å². The Morgan fingerprint density at radius 3 is 2.75 bits per heavy atom. The summed E-state index contributed by atoms with van der Waals surface area (Å²) in [6.45, 7) is 3.66. The van der Waals surface area contributed by atoms with Crippen LogP contribution in [0, 0.1) is 0 Å². The summed E-state index contributed by atoms with van der Waals surface area (Å²) < 4.78 is 4.87. The summed E-state index contributed by atoms with van der Waals surface area (Å²) in [5.41, 5.74) is -0.446. The maximum atomic E-state index is 13.0. The Morgan fingerprint density at radius 1 is 1.35 bits per heavy atom. The average molecular weight is 282 g/mol. The van der Waals surface area contributed by atoms with E-state index in [2.05, 4.69) is 12.2 Å². The Balaban J connectivity index is 2.17. The van der Waals surface area contributed by atoms with Crippen LogP contribution in [0.4, 0.5) is 0 Å². The maximum Gasteiger partial charge on any atom is 0.328 e. The predicted molar refractivity (Wildman–Crippen MR) is 76.2 cm³/mol. The molecule has 2 unspecified atom stereocenters. The van der Waals surface area contributed by atoms with Crippen molar-refractivity contribution in [2.75, 3.05) is 20.2 Å². The van der Waals surface area contributed by atoms with E-state index in [9.17, 15) is 9.59 Å². The number of piperidine rings is 1. The van der Waals surface area contributed by atoms with Crippen LogP contribution >= 0.6 is 0 Å². The van der Waals surface area contributed by atoms with Gasteiger partial charge >= 0.3 is 5.97 Å². The molecule has 20 heavy (non-hydrogen) atoms. The molecule has 0 aromatic rings. The zero-order chi connectivity index (χ0) is 14.6. The lowest BCUT2D eigenvalue weighted by molar-refractivity contribution is -0.157. The zero-order valence-corrected chi connectivity index (χ0v) is 12.6. The molecule has 2 aliphatic rings. The Kier molecular flexibility index (Phi) is 5.02. The Labute approximate surface area is 121 Å². The second-order valence-corrected chi connectivity index (χ2v) is 5.90. The number of methoxy groups -OCH3 is 1. The SMILES string of the molecule is CCCC1(C(=O)N2CCCCC2C(=O)OC)CCCN1. The molecule has 0 saturated carbocycles. The van der Waals surface area contributed by atoms with Crippen LogP contribution in [-0.2, 0) is 14.3 Å². The summed E-state index contributed by atoms with van der Waals surface area (Å²) in [5.74, 6) is -0.172. The van der Waals surface area contributed by atoms with Gasteiger partial charge in [-0.1, -0.05) is 13.3 Å². The first-order valence-corrected chi connectivity index (χ1v) is 7.78. The lowest BCUT2D eigenvalue weighted by Crippen LogP contribution is -2.60. The molecule has 0 aromatic heterocycles. The molecule has 0 aliphatic carbocycles. The summed E-state index contributed by atoms with van der Waals surface area (Å²) in [7, 11) is 1.40. The van der Waals surface area contributed by atoms with Gasteiger partial charge in [-0.3, -0.25) is 4.79 Å². The van der Waals surface area contributed by atoms with E-state index >= 15 is 0 Å². The molecule has 2 aliphatic heterocycles. The molecule has 2 atom stereocenters. The molecule has 114 valence electrons. The number of hydrogen-bond donors (Lipinski definition) is 1. The zero-order valence-electron chi connectivity index (χ0n) is 12.6. The Bertz CT molecular complexity index is 364. The molecule has 2 heterocycles. The summed E-state index contributed by atoms with van der Waals surface area (Å²) in [5, 5.41) is 3.40. The highest BCUT2D eigenvalue weighted by Gasteiger charge is 2.46. The summed E-state index contributed by atoms with van der Waals surface area (Å²) in [6.07, 6.45) is 6.40. The number of esters is 1. The number of carbonyl (C=O) groups excluding carboxylic acids is 2. The number of likely N-dealkylation sites (tertiary alicyclic amines) is 1. The van der Waals surface area contributed by atoms with Crippen LogP contribution in [0.3, 0.4) is 0 Å². The summed E-state index contributed by atoms with van der Waals surface area (Å²) in [4.78, 5) is 26.7. The van der Waals surface area contributed by atoms with Crippen LogP contribution in [0.2, 0.25) is 0 Å². The van der Waals surface area contributed by atoms with Crippen LogP contribution in [0.1, 0.15) is 51.9 Å². The summed E-state index contributed by atoms with van der Waals surface area (Å²) in [6, 6.07) is -0.391. The fraction of sp³-hybridized carbons (Fsp3) is 0.867. The number of carbonyl (C=O) groups is 2. The normalized spacial score (nSPS) is 30.3. The van der Waals surface area contributed by atoms with Gasteiger partial charge in [-0.05, 0) is 45.1 Å². The number of amides is 1. The van der Waals surface area contributed by atoms with Crippen molar-refractivity contribution in [3.8, 4) is 0 Å². The quantitative estimate of drug-likeness (QED) is 0.793. The molecule has 5 heteroatoms. The fourth-order valence-corrected chi connectivity index (χ4v) is 3.57. The first-order valence-electron chi connectivity index (χ1n) is 7.78. The van der Waals surface area contributed by atoms with E-state index in [1.54, 1.807) is 4.90 Å². The second-order valence-electron chi connectivity index (χ2n) is 5.90. The molecule has 1 N–H and O–H groups in total. The van der Waals surface area contributed by atoms with Gasteiger partial charge in [0.25, 0.3) is 0 Å². The molecule has 2 rings (SSSR count). The first kappa shape index (κ1) is 15.3. The number of rotatable bonds is 4. The highest BCUT2D eigenvalue weighted by molar-refractivity contribution is 5.91. The van der Waals surface area contributed by atoms with E-state index in [1.807, 2.05) is 0 Å². The Hall–Kier alpha value is -1.10. The monoisotopic (exact) mass is 282 g/mol. The number of ether oxygens (including phenoxy) is 1. The van der Waals surface area contributed by atoms with Crippen molar-refractivity contribution in [2.24, 2.45) is 0 Å². The lowest BCUT2D eigenvalue weighted by atomic mass is 9.88. The van der Waals surface area contributed by atoms with Crippen molar-refractivity contribution in [1.29, 1.82) is 0 Å². The molecule has 0 bridgehead atoms. The van der Waals surface area contributed by atoms with Crippen LogP contribution in [-0.4, -0.2) is 48.6 Å². The van der Waals surface area contributed by atoms with Crippen molar-refractivity contribution in [3.63, 3.8) is 0 Å². The van der Waals surface area contributed by atoms with Crippen molar-refractivity contribution in [3.05, 3.63) is 0 Å². The predicted octanol–water partition coefficient (Wildman–Crippen LogP) is 1.46. The van der Waals surface area contributed by atoms with Gasteiger partial charge in [0.15, 0.2) is 0 Å². The van der Waals surface area contributed by atoms with Crippen LogP contribution in [0.15, 0.2) is 0 Å². The third kappa shape index (κ3) is 2.82. The van der Waals surface area contributed by atoms with E-state index in [0.29, 0.717) is 6.54 Å². The third-order valence-electron chi connectivity index (χ3n) is 4.57. The van der Waals surface area contributed by atoms with E-state index < -0.39 is 11.6 Å². The second kappa shape index (κ2) is 6.57. The van der Waals surface area contributed by atoms with Gasteiger partial charge < -0.3 is 15.0 Å². The van der Waals surface area contributed by atoms with Crippen molar-refractivity contribution in [1.82, 2.24) is 10.2 Å². The van der Waals surface area contributed by atoms with Gasteiger partial charge in [0, 0.05) is 6.54 Å². The standard InChI is InChI=1S/C15H26N2O3/c1-3-8-15(9-6-10-16-15)14(19)17-11-5-4-7-12(17)13(18)20-2/h12,16H,3-11H2,1-2H3. The highest BCUT2D eigenvalue weighted by Crippen LogP contribution is 2.30. The first-order chi connectivity index (χ1) is 9.64. The topological polar surface area (TPSA) is 58.6 Å². The smallest absolute Gasteiger partial charge is 0.328 e. The maximum absolute atomic E-state index is 13.0. The van der Waals surface area contributed by atoms with Crippen LogP contribution < -0.4 is 5.32 Å². The molecular formula is C15H26N2O3. The minimum atomic E-state index is -0.446. The lowest BCUT2D eigenvalue weighted by Gasteiger charge is -2.40. The van der Waals surface area contributed by atoms with E-state index in [0.717, 1.165) is 51.5 Å². The number of hydrogen-bond acceptors (Lipinski definition) is 4. The third-order valence-corrected chi connectivity index (χ3v) is 4.57. The molecule has 2 saturated heterocycles. The minimum Gasteiger partial charge on any atom is -0.467 e. The molecule has 0 radical (unpaired) electrons. The van der Waals surface area contributed by atoms with Crippen LogP contribution in [0.5, 0.6) is 0 Å².